The maximum Gasteiger partial charge on any atom is 0.139 e. The van der Waals surface area contributed by atoms with Gasteiger partial charge in [0.05, 0.1) is 10.2 Å². The van der Waals surface area contributed by atoms with Crippen LogP contribution in [0.4, 0.5) is 10.1 Å². The number of aliphatic imine (C=N–C) groups is 1. The third-order valence-corrected chi connectivity index (χ3v) is 2.40. The molecule has 4 heteroatoms. The van der Waals surface area contributed by atoms with E-state index in [1.165, 1.54) is 6.07 Å². The summed E-state index contributed by atoms with van der Waals surface area (Å²) in [7, 11) is 0. The topological polar surface area (TPSA) is 38.4 Å². The largest absolute Gasteiger partial charge is 0.387 e. The quantitative estimate of drug-likeness (QED) is 0.642. The summed E-state index contributed by atoms with van der Waals surface area (Å²) >= 11 is 3.07. The van der Waals surface area contributed by atoms with Gasteiger partial charge in [-0.3, -0.25) is 0 Å². The molecule has 76 valence electrons. The molecule has 0 spiro atoms. The number of hydrogen-bond donors (Lipinski definition) is 1. The van der Waals surface area contributed by atoms with Crippen molar-refractivity contribution in [2.45, 2.75) is 13.8 Å². The third-order valence-electron chi connectivity index (χ3n) is 1.75. The maximum atomic E-state index is 13.1. The highest BCUT2D eigenvalue weighted by atomic mass is 79.9. The number of nitrogens with two attached hydrogens (primary N) is 1. The summed E-state index contributed by atoms with van der Waals surface area (Å²) in [6, 6.07) is 4.67. The van der Waals surface area contributed by atoms with E-state index in [2.05, 4.69) is 20.9 Å². The molecule has 0 saturated heterocycles. The molecule has 0 fully saturated rings. The number of rotatable bonds is 2. The van der Waals surface area contributed by atoms with Gasteiger partial charge in [-0.1, -0.05) is 13.8 Å². The van der Waals surface area contributed by atoms with Crippen LogP contribution >= 0.6 is 15.9 Å². The molecule has 0 atom stereocenters. The highest BCUT2D eigenvalue weighted by molar-refractivity contribution is 9.10. The second kappa shape index (κ2) is 4.55. The molecular weight excluding hydrogens is 247 g/mol. The van der Waals surface area contributed by atoms with Gasteiger partial charge in [0.25, 0.3) is 0 Å². The first-order valence-electron chi connectivity index (χ1n) is 4.30. The molecule has 1 rings (SSSR count). The fourth-order valence-corrected chi connectivity index (χ4v) is 1.08. The van der Waals surface area contributed by atoms with Crippen LogP contribution in [0, 0.1) is 11.7 Å². The lowest BCUT2D eigenvalue weighted by molar-refractivity contribution is 0.621. The molecule has 0 unspecified atom stereocenters. The Balaban J connectivity index is 2.98. The molecule has 1 aromatic rings. The van der Waals surface area contributed by atoms with Crippen LogP contribution in [0.3, 0.4) is 0 Å². The van der Waals surface area contributed by atoms with Gasteiger partial charge in [0.2, 0.25) is 0 Å². The Morgan fingerprint density at radius 1 is 1.50 bits per heavy atom. The lowest BCUT2D eigenvalue weighted by Gasteiger charge is -2.03. The molecule has 0 aromatic heterocycles. The van der Waals surface area contributed by atoms with E-state index in [0.29, 0.717) is 16.0 Å². The van der Waals surface area contributed by atoms with Crippen LogP contribution in [0.15, 0.2) is 27.7 Å². The van der Waals surface area contributed by atoms with Gasteiger partial charge >= 0.3 is 0 Å². The van der Waals surface area contributed by atoms with Crippen molar-refractivity contribution in [3.8, 4) is 0 Å². The van der Waals surface area contributed by atoms with Crippen molar-refractivity contribution >= 4 is 27.5 Å². The predicted molar refractivity (Wildman–Crippen MR) is 60.2 cm³/mol. The van der Waals surface area contributed by atoms with Crippen LogP contribution in [0.2, 0.25) is 0 Å². The molecule has 0 saturated carbocycles. The third kappa shape index (κ3) is 2.80. The Morgan fingerprint density at radius 2 is 2.14 bits per heavy atom. The van der Waals surface area contributed by atoms with Crippen LogP contribution in [0.25, 0.3) is 0 Å². The summed E-state index contributed by atoms with van der Waals surface area (Å²) in [4.78, 5) is 4.09. The molecular formula is C10H12BrFN2. The summed E-state index contributed by atoms with van der Waals surface area (Å²) in [6.07, 6.45) is 0. The highest BCUT2D eigenvalue weighted by Crippen LogP contribution is 2.21. The minimum absolute atomic E-state index is 0.168. The van der Waals surface area contributed by atoms with Gasteiger partial charge in [-0.05, 0) is 28.1 Å². The van der Waals surface area contributed by atoms with E-state index in [1.54, 1.807) is 12.1 Å². The number of halogens is 2. The van der Waals surface area contributed by atoms with Crippen molar-refractivity contribution in [1.29, 1.82) is 0 Å². The lowest BCUT2D eigenvalue weighted by atomic mass is 10.2. The minimum Gasteiger partial charge on any atom is -0.387 e. The Labute approximate surface area is 91.2 Å². The molecule has 2 N–H and O–H groups in total. The average molecular weight is 259 g/mol. The number of nitrogens with zero attached hydrogens (tertiary/aromatic N) is 1. The molecule has 0 heterocycles. The predicted octanol–water partition coefficient (Wildman–Crippen LogP) is 3.23. The Hall–Kier alpha value is -0.900. The molecule has 0 aliphatic carbocycles. The normalized spacial score (nSPS) is 12.2. The van der Waals surface area contributed by atoms with Crippen LogP contribution in [-0.4, -0.2) is 5.84 Å². The zero-order valence-corrected chi connectivity index (χ0v) is 9.68. The van der Waals surface area contributed by atoms with E-state index < -0.39 is 0 Å². The molecule has 0 amide bonds. The summed E-state index contributed by atoms with van der Waals surface area (Å²) in [5, 5.41) is 0. The molecule has 0 radical (unpaired) electrons. The molecule has 2 nitrogen and oxygen atoms in total. The van der Waals surface area contributed by atoms with E-state index in [1.807, 2.05) is 13.8 Å². The molecule has 0 bridgehead atoms. The molecule has 14 heavy (non-hydrogen) atoms. The number of benzene rings is 1. The SMILES string of the molecule is CC(C)C(N)=Nc1ccc(Br)c(F)c1. The van der Waals surface area contributed by atoms with Crippen LogP contribution in [-0.2, 0) is 0 Å². The van der Waals surface area contributed by atoms with Crippen molar-refractivity contribution < 1.29 is 4.39 Å². The summed E-state index contributed by atoms with van der Waals surface area (Å²) < 4.78 is 13.5. The van der Waals surface area contributed by atoms with Gasteiger partial charge < -0.3 is 5.73 Å². The lowest BCUT2D eigenvalue weighted by Crippen LogP contribution is -2.17. The van der Waals surface area contributed by atoms with Crippen molar-refractivity contribution in [3.63, 3.8) is 0 Å². The van der Waals surface area contributed by atoms with Gasteiger partial charge in [0, 0.05) is 12.0 Å². The molecule has 0 aliphatic heterocycles. The molecule has 0 aliphatic rings. The Morgan fingerprint density at radius 3 is 2.64 bits per heavy atom. The monoisotopic (exact) mass is 258 g/mol. The van der Waals surface area contributed by atoms with Crippen molar-refractivity contribution in [1.82, 2.24) is 0 Å². The Kier molecular flexibility index (Phi) is 3.63. The van der Waals surface area contributed by atoms with E-state index >= 15 is 0 Å². The van der Waals surface area contributed by atoms with Gasteiger partial charge in [0.1, 0.15) is 11.7 Å². The van der Waals surface area contributed by atoms with Gasteiger partial charge in [-0.15, -0.1) is 0 Å². The fourth-order valence-electron chi connectivity index (χ4n) is 0.833. The first-order chi connectivity index (χ1) is 6.50. The first kappa shape index (κ1) is 11.2. The first-order valence-corrected chi connectivity index (χ1v) is 5.09. The van der Waals surface area contributed by atoms with Gasteiger partial charge in [-0.2, -0.15) is 0 Å². The number of hydrogen-bond acceptors (Lipinski definition) is 1. The maximum absolute atomic E-state index is 13.1. The Bertz CT molecular complexity index is 361. The summed E-state index contributed by atoms with van der Waals surface area (Å²) in [6.45, 7) is 3.88. The fraction of sp³-hybridized carbons (Fsp3) is 0.300. The van der Waals surface area contributed by atoms with E-state index in [0.717, 1.165) is 0 Å². The summed E-state index contributed by atoms with van der Waals surface area (Å²) in [5.41, 5.74) is 6.19. The minimum atomic E-state index is -0.331. The van der Waals surface area contributed by atoms with E-state index in [-0.39, 0.29) is 11.7 Å². The zero-order valence-electron chi connectivity index (χ0n) is 8.09. The highest BCUT2D eigenvalue weighted by Gasteiger charge is 2.02. The second-order valence-electron chi connectivity index (χ2n) is 3.29. The van der Waals surface area contributed by atoms with Crippen molar-refractivity contribution in [2.24, 2.45) is 16.6 Å². The van der Waals surface area contributed by atoms with E-state index in [4.69, 9.17) is 5.73 Å². The number of amidine groups is 1. The second-order valence-corrected chi connectivity index (χ2v) is 4.14. The average Bonchev–Trinajstić information content (AvgIpc) is 2.11. The summed E-state index contributed by atoms with van der Waals surface area (Å²) in [5.74, 6) is 0.344. The molecule has 1 aromatic carbocycles. The van der Waals surface area contributed by atoms with Gasteiger partial charge in [0.15, 0.2) is 0 Å². The van der Waals surface area contributed by atoms with Crippen molar-refractivity contribution in [2.75, 3.05) is 0 Å². The van der Waals surface area contributed by atoms with Crippen molar-refractivity contribution in [3.05, 3.63) is 28.5 Å². The van der Waals surface area contributed by atoms with Gasteiger partial charge in [-0.25, -0.2) is 9.38 Å². The van der Waals surface area contributed by atoms with Crippen LogP contribution < -0.4 is 5.73 Å². The van der Waals surface area contributed by atoms with E-state index in [9.17, 15) is 4.39 Å². The smallest absolute Gasteiger partial charge is 0.139 e. The van der Waals surface area contributed by atoms with Crippen LogP contribution in [0.5, 0.6) is 0 Å². The standard InChI is InChI=1S/C10H12BrFN2/c1-6(2)10(13)14-7-3-4-8(11)9(12)5-7/h3-6H,1-2H3,(H2,13,14). The zero-order chi connectivity index (χ0) is 10.7. The van der Waals surface area contributed by atoms with Crippen LogP contribution in [0.1, 0.15) is 13.8 Å².